The molecule has 0 aromatic carbocycles. The van der Waals surface area contributed by atoms with Crippen LogP contribution in [-0.2, 0) is 11.3 Å². The topological polar surface area (TPSA) is 57.0 Å². The average molecular weight is 261 g/mol. The lowest BCUT2D eigenvalue weighted by Gasteiger charge is -2.06. The highest BCUT2D eigenvalue weighted by Gasteiger charge is 2.27. The Hall–Kier alpha value is -1.53. The van der Waals surface area contributed by atoms with Crippen molar-refractivity contribution in [2.75, 3.05) is 6.61 Å². The molecular formula is C11H17F2N3O2. The summed E-state index contributed by atoms with van der Waals surface area (Å²) in [4.78, 5) is 11.4. The number of carbonyl (C=O) groups excluding carboxylic acids is 1. The number of unbranched alkanes of at least 4 members (excludes halogenated alkanes) is 2. The lowest BCUT2D eigenvalue weighted by Crippen LogP contribution is -2.11. The first-order chi connectivity index (χ1) is 8.61. The molecule has 102 valence electrons. The predicted octanol–water partition coefficient (Wildman–Crippen LogP) is 2.58. The van der Waals surface area contributed by atoms with Crippen molar-refractivity contribution in [2.24, 2.45) is 0 Å². The van der Waals surface area contributed by atoms with Crippen LogP contribution in [0.1, 0.15) is 55.7 Å². The van der Waals surface area contributed by atoms with Gasteiger partial charge in [-0.3, -0.25) is 0 Å². The fourth-order valence-corrected chi connectivity index (χ4v) is 1.56. The van der Waals surface area contributed by atoms with Crippen molar-refractivity contribution < 1.29 is 18.3 Å². The van der Waals surface area contributed by atoms with E-state index in [4.69, 9.17) is 0 Å². The van der Waals surface area contributed by atoms with Crippen LogP contribution in [0.2, 0.25) is 0 Å². The number of aryl methyl sites for hydroxylation is 1. The number of rotatable bonds is 7. The van der Waals surface area contributed by atoms with Crippen LogP contribution in [0.25, 0.3) is 0 Å². The molecule has 0 aliphatic heterocycles. The summed E-state index contributed by atoms with van der Waals surface area (Å²) in [6, 6.07) is 0. The predicted molar refractivity (Wildman–Crippen MR) is 60.5 cm³/mol. The van der Waals surface area contributed by atoms with Crippen molar-refractivity contribution >= 4 is 5.97 Å². The Morgan fingerprint density at radius 3 is 2.67 bits per heavy atom. The van der Waals surface area contributed by atoms with Crippen LogP contribution in [0.3, 0.4) is 0 Å². The molecule has 1 rings (SSSR count). The van der Waals surface area contributed by atoms with E-state index in [0.717, 1.165) is 23.9 Å². The quantitative estimate of drug-likeness (QED) is 0.559. The van der Waals surface area contributed by atoms with E-state index in [9.17, 15) is 13.6 Å². The summed E-state index contributed by atoms with van der Waals surface area (Å²) < 4.78 is 31.6. The molecular weight excluding hydrogens is 244 g/mol. The molecule has 0 saturated carbocycles. The highest BCUT2D eigenvalue weighted by molar-refractivity contribution is 5.88. The number of carbonyl (C=O) groups is 1. The third-order valence-corrected chi connectivity index (χ3v) is 2.42. The minimum atomic E-state index is -2.79. The summed E-state index contributed by atoms with van der Waals surface area (Å²) >= 11 is 0. The number of aromatic nitrogens is 3. The van der Waals surface area contributed by atoms with Gasteiger partial charge in [0.15, 0.2) is 5.69 Å². The van der Waals surface area contributed by atoms with Crippen LogP contribution < -0.4 is 0 Å². The van der Waals surface area contributed by atoms with E-state index < -0.39 is 18.1 Å². The largest absolute Gasteiger partial charge is 0.461 e. The smallest absolute Gasteiger partial charge is 0.361 e. The van der Waals surface area contributed by atoms with Crippen molar-refractivity contribution in [2.45, 2.75) is 46.1 Å². The standard InChI is InChI=1S/C11H17F2N3O2/c1-3-5-6-7-16-9(10(12)13)8(14-15-16)11(17)18-4-2/h10H,3-7H2,1-2H3. The molecule has 0 aliphatic carbocycles. The van der Waals surface area contributed by atoms with Gasteiger partial charge in [0.25, 0.3) is 6.43 Å². The lowest BCUT2D eigenvalue weighted by atomic mass is 10.2. The fourth-order valence-electron chi connectivity index (χ4n) is 1.56. The highest BCUT2D eigenvalue weighted by atomic mass is 19.3. The molecule has 1 aromatic heterocycles. The van der Waals surface area contributed by atoms with Gasteiger partial charge in [-0.2, -0.15) is 0 Å². The highest BCUT2D eigenvalue weighted by Crippen LogP contribution is 2.22. The second-order valence-electron chi connectivity index (χ2n) is 3.77. The number of ether oxygens (including phenoxy) is 1. The molecule has 1 heterocycles. The Kier molecular flexibility index (Phi) is 5.67. The summed E-state index contributed by atoms with van der Waals surface area (Å²) in [6.45, 7) is 4.06. The average Bonchev–Trinajstić information content (AvgIpc) is 2.74. The van der Waals surface area contributed by atoms with E-state index in [1.165, 1.54) is 0 Å². The molecule has 0 unspecified atom stereocenters. The number of alkyl halides is 2. The van der Waals surface area contributed by atoms with Crippen LogP contribution in [0.5, 0.6) is 0 Å². The Morgan fingerprint density at radius 2 is 2.11 bits per heavy atom. The third-order valence-electron chi connectivity index (χ3n) is 2.42. The van der Waals surface area contributed by atoms with Crippen LogP contribution in [0.15, 0.2) is 0 Å². The minimum absolute atomic E-state index is 0.115. The van der Waals surface area contributed by atoms with Crippen LogP contribution in [-0.4, -0.2) is 27.6 Å². The maximum absolute atomic E-state index is 12.9. The number of esters is 1. The Balaban J connectivity index is 2.88. The Labute approximate surface area is 104 Å². The molecule has 7 heteroatoms. The van der Waals surface area contributed by atoms with E-state index >= 15 is 0 Å². The monoisotopic (exact) mass is 261 g/mol. The summed E-state index contributed by atoms with van der Waals surface area (Å²) in [5, 5.41) is 7.09. The summed E-state index contributed by atoms with van der Waals surface area (Å²) in [6.07, 6.45) is -0.177. The van der Waals surface area contributed by atoms with E-state index in [2.05, 4.69) is 15.0 Å². The van der Waals surface area contributed by atoms with Crippen molar-refractivity contribution in [1.82, 2.24) is 15.0 Å². The lowest BCUT2D eigenvalue weighted by molar-refractivity contribution is 0.0506. The van der Waals surface area contributed by atoms with Crippen molar-refractivity contribution in [3.63, 3.8) is 0 Å². The molecule has 0 saturated heterocycles. The van der Waals surface area contributed by atoms with Gasteiger partial charge in [-0.15, -0.1) is 5.10 Å². The van der Waals surface area contributed by atoms with Gasteiger partial charge < -0.3 is 4.74 Å². The zero-order chi connectivity index (χ0) is 13.5. The molecule has 0 spiro atoms. The maximum Gasteiger partial charge on any atom is 0.361 e. The van der Waals surface area contributed by atoms with Crippen LogP contribution >= 0.6 is 0 Å². The molecule has 1 aromatic rings. The first kappa shape index (κ1) is 14.5. The Bertz CT molecular complexity index is 394. The number of hydrogen-bond acceptors (Lipinski definition) is 4. The fraction of sp³-hybridized carbons (Fsp3) is 0.727. The molecule has 18 heavy (non-hydrogen) atoms. The second kappa shape index (κ2) is 7.03. The van der Waals surface area contributed by atoms with Gasteiger partial charge in [0.2, 0.25) is 0 Å². The first-order valence-electron chi connectivity index (χ1n) is 6.00. The van der Waals surface area contributed by atoms with E-state index in [-0.39, 0.29) is 12.3 Å². The molecule has 0 amide bonds. The zero-order valence-corrected chi connectivity index (χ0v) is 10.5. The van der Waals surface area contributed by atoms with Crippen molar-refractivity contribution in [1.29, 1.82) is 0 Å². The van der Waals surface area contributed by atoms with Crippen molar-refractivity contribution in [3.05, 3.63) is 11.4 Å². The van der Waals surface area contributed by atoms with E-state index in [0.29, 0.717) is 6.54 Å². The second-order valence-corrected chi connectivity index (χ2v) is 3.77. The summed E-state index contributed by atoms with van der Waals surface area (Å²) in [7, 11) is 0. The molecule has 0 bridgehead atoms. The molecule has 5 nitrogen and oxygen atoms in total. The SMILES string of the molecule is CCCCCn1nnc(C(=O)OCC)c1C(F)F. The van der Waals surface area contributed by atoms with E-state index in [1.807, 2.05) is 6.92 Å². The first-order valence-corrected chi connectivity index (χ1v) is 6.00. The van der Waals surface area contributed by atoms with Gasteiger partial charge in [-0.25, -0.2) is 18.3 Å². The van der Waals surface area contributed by atoms with Crippen LogP contribution in [0, 0.1) is 0 Å². The number of hydrogen-bond donors (Lipinski definition) is 0. The van der Waals surface area contributed by atoms with Gasteiger partial charge in [0.05, 0.1) is 6.61 Å². The Morgan fingerprint density at radius 1 is 1.39 bits per heavy atom. The summed E-state index contributed by atoms with van der Waals surface area (Å²) in [5.74, 6) is -0.852. The van der Waals surface area contributed by atoms with Gasteiger partial charge in [0.1, 0.15) is 5.69 Å². The van der Waals surface area contributed by atoms with Gasteiger partial charge >= 0.3 is 5.97 Å². The van der Waals surface area contributed by atoms with Gasteiger partial charge in [0, 0.05) is 6.54 Å². The van der Waals surface area contributed by atoms with Gasteiger partial charge in [-0.05, 0) is 13.3 Å². The molecule has 0 N–H and O–H groups in total. The molecule has 0 radical (unpaired) electrons. The van der Waals surface area contributed by atoms with E-state index in [1.54, 1.807) is 6.92 Å². The van der Waals surface area contributed by atoms with Gasteiger partial charge in [-0.1, -0.05) is 25.0 Å². The van der Waals surface area contributed by atoms with Crippen molar-refractivity contribution in [3.8, 4) is 0 Å². The van der Waals surface area contributed by atoms with Crippen LogP contribution in [0.4, 0.5) is 8.78 Å². The number of halogens is 2. The maximum atomic E-state index is 12.9. The third kappa shape index (κ3) is 3.48. The molecule has 0 aliphatic rings. The summed E-state index contributed by atoms with van der Waals surface area (Å²) in [5.41, 5.74) is -0.840. The number of nitrogens with zero attached hydrogens (tertiary/aromatic N) is 3. The minimum Gasteiger partial charge on any atom is -0.461 e. The zero-order valence-electron chi connectivity index (χ0n) is 10.5. The normalized spacial score (nSPS) is 10.9. The molecule has 0 atom stereocenters. The molecule has 0 fully saturated rings.